The fraction of sp³-hybridized carbons (Fsp3) is 0.562. The van der Waals surface area contributed by atoms with Crippen LogP contribution in [0.5, 0.6) is 0 Å². The van der Waals surface area contributed by atoms with Crippen molar-refractivity contribution in [1.82, 2.24) is 10.2 Å². The van der Waals surface area contributed by atoms with Crippen molar-refractivity contribution in [3.63, 3.8) is 0 Å². The number of nitro benzene ring substituents is 1. The molecule has 8 heteroatoms. The van der Waals surface area contributed by atoms with Crippen molar-refractivity contribution in [2.75, 3.05) is 38.6 Å². The van der Waals surface area contributed by atoms with Crippen molar-refractivity contribution in [3.05, 3.63) is 33.9 Å². The molecule has 1 fully saturated rings. The number of hydrogen-bond acceptors (Lipinski definition) is 6. The molecule has 1 amide bonds. The second-order valence-corrected chi connectivity index (χ2v) is 6.20. The minimum atomic E-state index is -0.587. The van der Waals surface area contributed by atoms with Crippen LogP contribution in [0.1, 0.15) is 24.2 Å². The Morgan fingerprint density at radius 2 is 2.08 bits per heavy atom. The van der Waals surface area contributed by atoms with Crippen LogP contribution in [0.3, 0.4) is 0 Å². The third-order valence-electron chi connectivity index (χ3n) is 4.25. The zero-order valence-electron chi connectivity index (χ0n) is 14.0. The number of carbonyl (C=O) groups is 1. The molecule has 1 aromatic rings. The predicted molar refractivity (Wildman–Crippen MR) is 90.9 cm³/mol. The van der Waals surface area contributed by atoms with Crippen LogP contribution in [0, 0.1) is 16.0 Å². The molecule has 0 aliphatic carbocycles. The highest BCUT2D eigenvalue weighted by molar-refractivity contribution is 5.95. The molecular weight excluding hydrogens is 312 g/mol. The molecule has 0 saturated carbocycles. The Labute approximate surface area is 141 Å². The summed E-state index contributed by atoms with van der Waals surface area (Å²) in [6.45, 7) is 7.77. The Morgan fingerprint density at radius 3 is 2.67 bits per heavy atom. The van der Waals surface area contributed by atoms with Crippen LogP contribution in [-0.2, 0) is 4.74 Å². The lowest BCUT2D eigenvalue weighted by molar-refractivity contribution is -0.383. The molecule has 132 valence electrons. The van der Waals surface area contributed by atoms with Crippen LogP contribution in [-0.4, -0.2) is 54.6 Å². The predicted octanol–water partition coefficient (Wildman–Crippen LogP) is 1.26. The van der Waals surface area contributed by atoms with E-state index >= 15 is 0 Å². The lowest BCUT2D eigenvalue weighted by Crippen LogP contribution is -2.51. The van der Waals surface area contributed by atoms with Gasteiger partial charge in [-0.1, -0.05) is 13.8 Å². The van der Waals surface area contributed by atoms with Crippen molar-refractivity contribution < 1.29 is 14.5 Å². The minimum absolute atomic E-state index is 0.0462. The lowest BCUT2D eigenvalue weighted by atomic mass is 10.0. The van der Waals surface area contributed by atoms with Crippen LogP contribution in [0.25, 0.3) is 0 Å². The summed E-state index contributed by atoms with van der Waals surface area (Å²) in [5, 5.41) is 13.8. The van der Waals surface area contributed by atoms with Gasteiger partial charge in [-0.25, -0.2) is 0 Å². The van der Waals surface area contributed by atoms with E-state index in [9.17, 15) is 14.9 Å². The van der Waals surface area contributed by atoms with Gasteiger partial charge in [0.15, 0.2) is 0 Å². The quantitative estimate of drug-likeness (QED) is 0.460. The first-order valence-electron chi connectivity index (χ1n) is 8.04. The molecule has 1 aliphatic heterocycles. The molecule has 0 spiro atoms. The second-order valence-electron chi connectivity index (χ2n) is 6.20. The molecule has 8 nitrogen and oxygen atoms in total. The van der Waals surface area contributed by atoms with E-state index in [1.165, 1.54) is 18.2 Å². The molecular formula is C16H24N4O4. The number of ether oxygens (including phenoxy) is 1. The molecule has 1 heterocycles. The maximum absolute atomic E-state index is 12.3. The lowest BCUT2D eigenvalue weighted by Gasteiger charge is -2.36. The summed E-state index contributed by atoms with van der Waals surface area (Å²) in [5.74, 6) is 0.0289. The van der Waals surface area contributed by atoms with Crippen molar-refractivity contribution in [2.24, 2.45) is 5.92 Å². The molecule has 2 rings (SSSR count). The zero-order valence-corrected chi connectivity index (χ0v) is 14.0. The van der Waals surface area contributed by atoms with E-state index in [0.717, 1.165) is 13.1 Å². The number of carbonyl (C=O) groups excluding carboxylic acids is 1. The summed E-state index contributed by atoms with van der Waals surface area (Å²) in [4.78, 5) is 25.0. The summed E-state index contributed by atoms with van der Waals surface area (Å²) < 4.78 is 5.37. The number of rotatable bonds is 6. The van der Waals surface area contributed by atoms with Gasteiger partial charge in [-0.15, -0.1) is 0 Å². The van der Waals surface area contributed by atoms with Crippen LogP contribution in [0.2, 0.25) is 0 Å². The van der Waals surface area contributed by atoms with Gasteiger partial charge >= 0.3 is 0 Å². The molecule has 0 aromatic heterocycles. The fourth-order valence-corrected chi connectivity index (χ4v) is 2.84. The number of nitrogens with two attached hydrogens (primary N) is 1. The molecule has 0 bridgehead atoms. The van der Waals surface area contributed by atoms with Crippen LogP contribution < -0.4 is 11.1 Å². The molecule has 1 saturated heterocycles. The molecule has 1 aliphatic rings. The van der Waals surface area contributed by atoms with E-state index in [2.05, 4.69) is 24.1 Å². The normalized spacial score (nSPS) is 16.8. The van der Waals surface area contributed by atoms with Gasteiger partial charge < -0.3 is 15.8 Å². The first-order valence-corrected chi connectivity index (χ1v) is 8.04. The highest BCUT2D eigenvalue weighted by atomic mass is 16.6. The summed E-state index contributed by atoms with van der Waals surface area (Å²) in [7, 11) is 0. The maximum atomic E-state index is 12.3. The van der Waals surface area contributed by atoms with E-state index in [4.69, 9.17) is 10.5 Å². The Morgan fingerprint density at radius 1 is 1.42 bits per heavy atom. The van der Waals surface area contributed by atoms with Crippen LogP contribution in [0.15, 0.2) is 18.2 Å². The smallest absolute Gasteiger partial charge is 0.292 e. The van der Waals surface area contributed by atoms with Gasteiger partial charge in [0.1, 0.15) is 5.69 Å². The Balaban J connectivity index is 2.02. The van der Waals surface area contributed by atoms with Gasteiger partial charge in [0.05, 0.1) is 18.1 Å². The molecule has 1 atom stereocenters. The van der Waals surface area contributed by atoms with Gasteiger partial charge in [-0.3, -0.25) is 19.8 Å². The first kappa shape index (κ1) is 18.2. The van der Waals surface area contributed by atoms with Crippen molar-refractivity contribution >= 4 is 17.3 Å². The second kappa shape index (κ2) is 8.07. The van der Waals surface area contributed by atoms with Crippen molar-refractivity contribution in [2.45, 2.75) is 19.9 Å². The van der Waals surface area contributed by atoms with Crippen LogP contribution in [0.4, 0.5) is 11.4 Å². The van der Waals surface area contributed by atoms with E-state index < -0.39 is 4.92 Å². The highest BCUT2D eigenvalue weighted by Crippen LogP contribution is 2.22. The highest BCUT2D eigenvalue weighted by Gasteiger charge is 2.24. The number of nitro groups is 1. The molecule has 0 radical (unpaired) electrons. The molecule has 3 N–H and O–H groups in total. The van der Waals surface area contributed by atoms with E-state index in [0.29, 0.717) is 25.7 Å². The average molecular weight is 336 g/mol. The number of benzene rings is 1. The van der Waals surface area contributed by atoms with Crippen LogP contribution >= 0.6 is 0 Å². The Hall–Kier alpha value is -2.19. The van der Waals surface area contributed by atoms with Gasteiger partial charge in [0, 0.05) is 37.3 Å². The summed E-state index contributed by atoms with van der Waals surface area (Å²) in [5.41, 5.74) is 5.59. The Kier molecular flexibility index (Phi) is 6.10. The van der Waals surface area contributed by atoms with E-state index in [1.807, 2.05) is 0 Å². The van der Waals surface area contributed by atoms with Gasteiger partial charge in [-0.05, 0) is 18.1 Å². The molecule has 1 unspecified atom stereocenters. The van der Waals surface area contributed by atoms with Gasteiger partial charge in [-0.2, -0.15) is 0 Å². The monoisotopic (exact) mass is 336 g/mol. The number of nitrogens with zero attached hydrogens (tertiary/aromatic N) is 2. The zero-order chi connectivity index (χ0) is 17.7. The standard InChI is InChI=1S/C16H24N4O4/c1-11(2)15(19-5-7-24-8-6-19)10-18-16(21)12-3-4-13(17)14(9-12)20(22)23/h3-4,9,11,15H,5-8,10,17H2,1-2H3,(H,18,21). The summed E-state index contributed by atoms with van der Waals surface area (Å²) in [6, 6.07) is 4.29. The summed E-state index contributed by atoms with van der Waals surface area (Å²) >= 11 is 0. The number of nitrogens with one attached hydrogen (secondary N) is 1. The number of morpholine rings is 1. The number of nitrogen functional groups attached to an aromatic ring is 1. The van der Waals surface area contributed by atoms with E-state index in [1.54, 1.807) is 0 Å². The third-order valence-corrected chi connectivity index (χ3v) is 4.25. The van der Waals surface area contributed by atoms with Gasteiger partial charge in [0.25, 0.3) is 11.6 Å². The number of hydrogen-bond donors (Lipinski definition) is 2. The topological polar surface area (TPSA) is 111 Å². The molecule has 24 heavy (non-hydrogen) atoms. The van der Waals surface area contributed by atoms with Crippen molar-refractivity contribution in [3.8, 4) is 0 Å². The average Bonchev–Trinajstić information content (AvgIpc) is 2.55. The molecule has 1 aromatic carbocycles. The summed E-state index contributed by atoms with van der Waals surface area (Å²) in [6.07, 6.45) is 0. The fourth-order valence-electron chi connectivity index (χ4n) is 2.84. The Bertz CT molecular complexity index is 600. The number of amides is 1. The number of anilines is 1. The largest absolute Gasteiger partial charge is 0.393 e. The minimum Gasteiger partial charge on any atom is -0.393 e. The maximum Gasteiger partial charge on any atom is 0.292 e. The third kappa shape index (κ3) is 4.42. The van der Waals surface area contributed by atoms with E-state index in [-0.39, 0.29) is 28.9 Å². The SMILES string of the molecule is CC(C)C(CNC(=O)c1ccc(N)c([N+](=O)[O-])c1)N1CCOCC1. The first-order chi connectivity index (χ1) is 11.4. The van der Waals surface area contributed by atoms with Crippen molar-refractivity contribution in [1.29, 1.82) is 0 Å². The van der Waals surface area contributed by atoms with Gasteiger partial charge in [0.2, 0.25) is 0 Å².